The molecule has 0 spiro atoms. The van der Waals surface area contributed by atoms with E-state index in [0.29, 0.717) is 24.0 Å². The van der Waals surface area contributed by atoms with Crippen LogP contribution in [0.2, 0.25) is 0 Å². The van der Waals surface area contributed by atoms with E-state index in [1.165, 1.54) is 4.57 Å². The number of carbonyl (C=O) groups is 1. The van der Waals surface area contributed by atoms with E-state index in [9.17, 15) is 14.7 Å². The van der Waals surface area contributed by atoms with Crippen LogP contribution in [-0.4, -0.2) is 27.1 Å². The molecule has 0 radical (unpaired) electrons. The lowest BCUT2D eigenvalue weighted by Crippen LogP contribution is -2.25. The number of H-pyrrole nitrogens is 1. The molecule has 1 atom stereocenters. The van der Waals surface area contributed by atoms with Crippen LogP contribution >= 0.6 is 0 Å². The van der Waals surface area contributed by atoms with Crippen LogP contribution < -0.4 is 11.0 Å². The Labute approximate surface area is 138 Å². The molecule has 6 nitrogen and oxygen atoms in total. The SMILES string of the molecule is Cn1c(=O)[nH]c2cc(C(=O)NCCC(O)c3ccccc3)ccc21. The van der Waals surface area contributed by atoms with Crippen LogP contribution in [0.15, 0.2) is 53.3 Å². The van der Waals surface area contributed by atoms with Gasteiger partial charge in [-0.25, -0.2) is 4.79 Å². The van der Waals surface area contributed by atoms with Crippen LogP contribution in [0.4, 0.5) is 0 Å². The van der Waals surface area contributed by atoms with Crippen molar-refractivity contribution in [1.82, 2.24) is 14.9 Å². The number of aryl methyl sites for hydroxylation is 1. The van der Waals surface area contributed by atoms with E-state index < -0.39 is 6.10 Å². The van der Waals surface area contributed by atoms with Gasteiger partial charge in [0.1, 0.15) is 0 Å². The number of rotatable bonds is 5. The van der Waals surface area contributed by atoms with E-state index in [1.807, 2.05) is 30.3 Å². The molecular weight excluding hydrogens is 306 g/mol. The van der Waals surface area contributed by atoms with E-state index in [4.69, 9.17) is 0 Å². The summed E-state index contributed by atoms with van der Waals surface area (Å²) in [7, 11) is 1.67. The van der Waals surface area contributed by atoms with Crippen molar-refractivity contribution < 1.29 is 9.90 Å². The zero-order valence-corrected chi connectivity index (χ0v) is 13.3. The number of benzene rings is 2. The number of hydrogen-bond donors (Lipinski definition) is 3. The van der Waals surface area contributed by atoms with Crippen LogP contribution in [0, 0.1) is 0 Å². The standard InChI is InChI=1S/C18H19N3O3/c1-21-15-8-7-13(11-14(15)20-18(21)24)17(23)19-10-9-16(22)12-5-3-2-4-6-12/h2-8,11,16,22H,9-10H2,1H3,(H,19,23)(H,20,24). The largest absolute Gasteiger partial charge is 0.388 e. The van der Waals surface area contributed by atoms with Gasteiger partial charge >= 0.3 is 5.69 Å². The Morgan fingerprint density at radius 1 is 1.25 bits per heavy atom. The highest BCUT2D eigenvalue weighted by Crippen LogP contribution is 2.15. The molecule has 3 aromatic rings. The van der Waals surface area contributed by atoms with Gasteiger partial charge in [0.05, 0.1) is 17.1 Å². The molecule has 1 unspecified atom stereocenters. The van der Waals surface area contributed by atoms with E-state index in [1.54, 1.807) is 25.2 Å². The highest BCUT2D eigenvalue weighted by Gasteiger charge is 2.11. The molecule has 1 heterocycles. The summed E-state index contributed by atoms with van der Waals surface area (Å²) in [6.07, 6.45) is -0.181. The van der Waals surface area contributed by atoms with E-state index in [2.05, 4.69) is 10.3 Å². The second kappa shape index (κ2) is 6.72. The van der Waals surface area contributed by atoms with Gasteiger partial charge in [0, 0.05) is 19.2 Å². The van der Waals surface area contributed by atoms with Gasteiger partial charge in [-0.1, -0.05) is 30.3 Å². The normalized spacial score (nSPS) is 12.2. The maximum atomic E-state index is 12.2. The topological polar surface area (TPSA) is 87.1 Å². The Morgan fingerprint density at radius 2 is 2.00 bits per heavy atom. The number of fused-ring (bicyclic) bond motifs is 1. The summed E-state index contributed by atoms with van der Waals surface area (Å²) < 4.78 is 1.49. The Morgan fingerprint density at radius 3 is 2.75 bits per heavy atom. The molecule has 124 valence electrons. The van der Waals surface area contributed by atoms with Gasteiger partial charge in [0.25, 0.3) is 5.91 Å². The first-order valence-electron chi connectivity index (χ1n) is 7.76. The lowest BCUT2D eigenvalue weighted by molar-refractivity contribution is 0.0942. The van der Waals surface area contributed by atoms with E-state index in [0.717, 1.165) is 11.1 Å². The van der Waals surface area contributed by atoms with Crippen molar-refractivity contribution in [2.45, 2.75) is 12.5 Å². The minimum Gasteiger partial charge on any atom is -0.388 e. The average Bonchev–Trinajstić information content (AvgIpc) is 2.89. The van der Waals surface area contributed by atoms with Crippen molar-refractivity contribution in [3.8, 4) is 0 Å². The zero-order valence-electron chi connectivity index (χ0n) is 13.3. The molecule has 0 aliphatic rings. The number of aromatic amines is 1. The van der Waals surface area contributed by atoms with Crippen LogP contribution in [-0.2, 0) is 7.05 Å². The number of hydrogen-bond acceptors (Lipinski definition) is 3. The molecule has 1 amide bonds. The summed E-state index contributed by atoms with van der Waals surface area (Å²) in [5, 5.41) is 12.9. The fourth-order valence-electron chi connectivity index (χ4n) is 2.64. The molecule has 0 saturated heterocycles. The highest BCUT2D eigenvalue weighted by atomic mass is 16.3. The Kier molecular flexibility index (Phi) is 4.48. The molecule has 0 bridgehead atoms. The number of aliphatic hydroxyl groups excluding tert-OH is 1. The molecule has 0 fully saturated rings. The first kappa shape index (κ1) is 16.0. The van der Waals surface area contributed by atoms with Crippen molar-refractivity contribution in [1.29, 1.82) is 0 Å². The number of aliphatic hydroxyl groups is 1. The third kappa shape index (κ3) is 3.23. The molecule has 24 heavy (non-hydrogen) atoms. The third-order valence-corrected chi connectivity index (χ3v) is 4.05. The second-order valence-electron chi connectivity index (χ2n) is 5.69. The van der Waals surface area contributed by atoms with Gasteiger partial charge in [-0.2, -0.15) is 0 Å². The Hall–Kier alpha value is -2.86. The predicted octanol–water partition coefficient (Wildman–Crippen LogP) is 1.72. The van der Waals surface area contributed by atoms with Gasteiger partial charge in [-0.15, -0.1) is 0 Å². The number of carbonyl (C=O) groups excluding carboxylic acids is 1. The molecule has 1 aromatic heterocycles. The van der Waals surface area contributed by atoms with Crippen LogP contribution in [0.1, 0.15) is 28.4 Å². The molecule has 0 aliphatic carbocycles. The summed E-state index contributed by atoms with van der Waals surface area (Å²) in [6.45, 7) is 0.359. The first-order valence-corrected chi connectivity index (χ1v) is 7.76. The summed E-state index contributed by atoms with van der Waals surface area (Å²) in [5.74, 6) is -0.234. The minimum atomic E-state index is -0.612. The number of imidazole rings is 1. The number of nitrogens with zero attached hydrogens (tertiary/aromatic N) is 1. The fourth-order valence-corrected chi connectivity index (χ4v) is 2.64. The van der Waals surface area contributed by atoms with Crippen LogP contribution in [0.3, 0.4) is 0 Å². The fraction of sp³-hybridized carbons (Fsp3) is 0.222. The molecule has 2 aromatic carbocycles. The van der Waals surface area contributed by atoms with E-state index >= 15 is 0 Å². The minimum absolute atomic E-state index is 0.214. The monoisotopic (exact) mass is 325 g/mol. The van der Waals surface area contributed by atoms with Crippen molar-refractivity contribution >= 4 is 16.9 Å². The highest BCUT2D eigenvalue weighted by molar-refractivity contribution is 5.97. The maximum Gasteiger partial charge on any atom is 0.326 e. The number of amides is 1. The maximum absolute atomic E-state index is 12.2. The Balaban J connectivity index is 1.62. The molecule has 0 aliphatic heterocycles. The van der Waals surface area contributed by atoms with Gasteiger partial charge in [0.2, 0.25) is 0 Å². The molecule has 3 rings (SSSR count). The average molecular weight is 325 g/mol. The van der Waals surface area contributed by atoms with Gasteiger partial charge in [-0.05, 0) is 30.2 Å². The molecule has 3 N–H and O–H groups in total. The van der Waals surface area contributed by atoms with Crippen LogP contribution in [0.5, 0.6) is 0 Å². The van der Waals surface area contributed by atoms with Gasteiger partial charge in [0.15, 0.2) is 0 Å². The molecule has 0 saturated carbocycles. The smallest absolute Gasteiger partial charge is 0.326 e. The van der Waals surface area contributed by atoms with Gasteiger partial charge < -0.3 is 15.4 Å². The Bertz CT molecular complexity index is 912. The van der Waals surface area contributed by atoms with E-state index in [-0.39, 0.29) is 11.6 Å². The summed E-state index contributed by atoms with van der Waals surface area (Å²) in [4.78, 5) is 26.5. The van der Waals surface area contributed by atoms with Gasteiger partial charge in [-0.3, -0.25) is 9.36 Å². The lowest BCUT2D eigenvalue weighted by Gasteiger charge is -2.11. The van der Waals surface area contributed by atoms with Crippen molar-refractivity contribution in [3.05, 3.63) is 70.1 Å². The lowest BCUT2D eigenvalue weighted by atomic mass is 10.1. The molecule has 6 heteroatoms. The first-order chi connectivity index (χ1) is 11.6. The van der Waals surface area contributed by atoms with Crippen molar-refractivity contribution in [3.63, 3.8) is 0 Å². The quantitative estimate of drug-likeness (QED) is 0.667. The summed E-state index contributed by atoms with van der Waals surface area (Å²) in [5.41, 5.74) is 2.46. The summed E-state index contributed by atoms with van der Waals surface area (Å²) >= 11 is 0. The second-order valence-corrected chi connectivity index (χ2v) is 5.69. The van der Waals surface area contributed by atoms with Crippen LogP contribution in [0.25, 0.3) is 11.0 Å². The zero-order chi connectivity index (χ0) is 17.1. The third-order valence-electron chi connectivity index (χ3n) is 4.05. The number of nitrogens with one attached hydrogen (secondary N) is 2. The summed E-state index contributed by atoms with van der Waals surface area (Å²) in [6, 6.07) is 14.4. The number of aromatic nitrogens is 2. The predicted molar refractivity (Wildman–Crippen MR) is 91.9 cm³/mol. The van der Waals surface area contributed by atoms with Crippen molar-refractivity contribution in [2.75, 3.05) is 6.54 Å². The molecular formula is C18H19N3O3. The van der Waals surface area contributed by atoms with Crippen molar-refractivity contribution in [2.24, 2.45) is 7.05 Å².